The molecule has 1 aromatic carbocycles. The number of aromatic nitrogens is 2. The molecule has 3 rings (SSSR count). The van der Waals surface area contributed by atoms with E-state index >= 15 is 0 Å². The minimum Gasteiger partial charge on any atom is -0.423 e. The Kier molecular flexibility index (Phi) is 3.69. The summed E-state index contributed by atoms with van der Waals surface area (Å²) in [5, 5.41) is 11.3. The lowest BCUT2D eigenvalue weighted by Crippen LogP contribution is -2.42. The van der Waals surface area contributed by atoms with Crippen LogP contribution in [0.1, 0.15) is 19.8 Å². The largest absolute Gasteiger partial charge is 0.423 e. The van der Waals surface area contributed by atoms with Crippen molar-refractivity contribution in [3.05, 3.63) is 30.7 Å². The van der Waals surface area contributed by atoms with E-state index in [9.17, 15) is 0 Å². The van der Waals surface area contributed by atoms with Gasteiger partial charge in [-0.3, -0.25) is 0 Å². The van der Waals surface area contributed by atoms with Crippen molar-refractivity contribution >= 4 is 5.69 Å². The third-order valence-electron chi connectivity index (χ3n) is 4.05. The maximum atomic E-state index is 5.24. The van der Waals surface area contributed by atoms with Crippen molar-refractivity contribution in [3.63, 3.8) is 0 Å². The molecule has 2 atom stereocenters. The van der Waals surface area contributed by atoms with E-state index in [0.717, 1.165) is 17.8 Å². The highest BCUT2D eigenvalue weighted by atomic mass is 16.4. The SMILES string of the molecule is CC1CC(Nc2cccc(-c3nnco3)c2)CCN1C. The summed E-state index contributed by atoms with van der Waals surface area (Å²) < 4.78 is 5.24. The van der Waals surface area contributed by atoms with Crippen LogP contribution in [0.15, 0.2) is 35.1 Å². The molecule has 1 fully saturated rings. The number of rotatable bonds is 3. The number of nitrogens with zero attached hydrogens (tertiary/aromatic N) is 3. The molecule has 1 N–H and O–H groups in total. The van der Waals surface area contributed by atoms with Crippen molar-refractivity contribution in [2.24, 2.45) is 0 Å². The van der Waals surface area contributed by atoms with Crippen LogP contribution in [0, 0.1) is 0 Å². The van der Waals surface area contributed by atoms with Crippen LogP contribution in [-0.2, 0) is 0 Å². The highest BCUT2D eigenvalue weighted by molar-refractivity contribution is 5.61. The number of piperidine rings is 1. The average molecular weight is 272 g/mol. The smallest absolute Gasteiger partial charge is 0.247 e. The molecule has 2 heterocycles. The summed E-state index contributed by atoms with van der Waals surface area (Å²) in [5.74, 6) is 0.561. The van der Waals surface area contributed by atoms with E-state index in [1.165, 1.54) is 19.2 Å². The fraction of sp³-hybridized carbons (Fsp3) is 0.467. The van der Waals surface area contributed by atoms with Crippen molar-refractivity contribution in [2.75, 3.05) is 18.9 Å². The number of nitrogens with one attached hydrogen (secondary N) is 1. The number of anilines is 1. The molecule has 1 aromatic heterocycles. The van der Waals surface area contributed by atoms with E-state index in [2.05, 4.69) is 46.5 Å². The minimum absolute atomic E-state index is 0.527. The Morgan fingerprint density at radius 1 is 1.40 bits per heavy atom. The van der Waals surface area contributed by atoms with Crippen molar-refractivity contribution < 1.29 is 4.42 Å². The van der Waals surface area contributed by atoms with Gasteiger partial charge in [0.1, 0.15) is 0 Å². The van der Waals surface area contributed by atoms with E-state index in [0.29, 0.717) is 18.0 Å². The standard InChI is InChI=1S/C15H20N4O/c1-11-8-14(6-7-19(11)2)17-13-5-3-4-12(9-13)15-18-16-10-20-15/h3-5,9-11,14,17H,6-8H2,1-2H3. The molecule has 1 saturated heterocycles. The molecular formula is C15H20N4O. The molecule has 1 aliphatic heterocycles. The van der Waals surface area contributed by atoms with Gasteiger partial charge in [0, 0.05) is 29.9 Å². The fourth-order valence-corrected chi connectivity index (χ4v) is 2.70. The average Bonchev–Trinajstić information content (AvgIpc) is 2.97. The van der Waals surface area contributed by atoms with Crippen LogP contribution in [0.3, 0.4) is 0 Å². The molecule has 5 nitrogen and oxygen atoms in total. The van der Waals surface area contributed by atoms with Crippen molar-refractivity contribution in [3.8, 4) is 11.5 Å². The molecule has 2 aromatic rings. The van der Waals surface area contributed by atoms with Gasteiger partial charge in [-0.05, 0) is 45.0 Å². The lowest BCUT2D eigenvalue weighted by molar-refractivity contribution is 0.190. The van der Waals surface area contributed by atoms with Gasteiger partial charge in [0.15, 0.2) is 0 Å². The molecule has 0 aliphatic carbocycles. The van der Waals surface area contributed by atoms with Gasteiger partial charge in [0.25, 0.3) is 0 Å². The summed E-state index contributed by atoms with van der Waals surface area (Å²) >= 11 is 0. The first kappa shape index (κ1) is 13.1. The van der Waals surface area contributed by atoms with Crippen molar-refractivity contribution in [1.29, 1.82) is 0 Å². The van der Waals surface area contributed by atoms with Crippen LogP contribution in [0.4, 0.5) is 5.69 Å². The van der Waals surface area contributed by atoms with Crippen LogP contribution in [0.2, 0.25) is 0 Å². The highest BCUT2D eigenvalue weighted by Crippen LogP contribution is 2.23. The zero-order valence-corrected chi connectivity index (χ0v) is 11.9. The van der Waals surface area contributed by atoms with E-state index in [1.54, 1.807) is 0 Å². The van der Waals surface area contributed by atoms with E-state index in [-0.39, 0.29) is 0 Å². The van der Waals surface area contributed by atoms with Crippen LogP contribution in [-0.4, -0.2) is 40.8 Å². The van der Waals surface area contributed by atoms with Crippen LogP contribution < -0.4 is 5.32 Å². The molecule has 0 bridgehead atoms. The maximum absolute atomic E-state index is 5.24. The summed E-state index contributed by atoms with van der Waals surface area (Å²) in [4.78, 5) is 2.41. The summed E-state index contributed by atoms with van der Waals surface area (Å²) in [6.07, 6.45) is 3.70. The zero-order chi connectivity index (χ0) is 13.9. The molecule has 106 valence electrons. The molecule has 0 spiro atoms. The summed E-state index contributed by atoms with van der Waals surface area (Å²) in [5.41, 5.74) is 2.07. The topological polar surface area (TPSA) is 54.2 Å². The summed E-state index contributed by atoms with van der Waals surface area (Å²) in [6.45, 7) is 3.42. The van der Waals surface area contributed by atoms with Crippen LogP contribution in [0.5, 0.6) is 0 Å². The first-order chi connectivity index (χ1) is 9.72. The summed E-state index contributed by atoms with van der Waals surface area (Å²) in [6, 6.07) is 9.30. The Morgan fingerprint density at radius 2 is 2.30 bits per heavy atom. The Morgan fingerprint density at radius 3 is 3.05 bits per heavy atom. The second-order valence-electron chi connectivity index (χ2n) is 5.52. The predicted molar refractivity (Wildman–Crippen MR) is 78.5 cm³/mol. The zero-order valence-electron chi connectivity index (χ0n) is 11.9. The van der Waals surface area contributed by atoms with Gasteiger partial charge < -0.3 is 14.6 Å². The van der Waals surface area contributed by atoms with Crippen molar-refractivity contribution in [1.82, 2.24) is 15.1 Å². The van der Waals surface area contributed by atoms with E-state index in [1.807, 2.05) is 12.1 Å². The first-order valence-electron chi connectivity index (χ1n) is 7.06. The third kappa shape index (κ3) is 2.82. The molecule has 0 radical (unpaired) electrons. The molecule has 0 saturated carbocycles. The Balaban J connectivity index is 1.70. The molecule has 0 amide bonds. The lowest BCUT2D eigenvalue weighted by atomic mass is 9.98. The number of likely N-dealkylation sites (tertiary alicyclic amines) is 1. The highest BCUT2D eigenvalue weighted by Gasteiger charge is 2.22. The van der Waals surface area contributed by atoms with Gasteiger partial charge in [-0.2, -0.15) is 0 Å². The third-order valence-corrected chi connectivity index (χ3v) is 4.05. The van der Waals surface area contributed by atoms with E-state index < -0.39 is 0 Å². The Labute approximate surface area is 119 Å². The lowest BCUT2D eigenvalue weighted by Gasteiger charge is -2.35. The second-order valence-corrected chi connectivity index (χ2v) is 5.52. The van der Waals surface area contributed by atoms with Gasteiger partial charge in [-0.15, -0.1) is 10.2 Å². The minimum atomic E-state index is 0.527. The summed E-state index contributed by atoms with van der Waals surface area (Å²) in [7, 11) is 2.19. The molecule has 1 aliphatic rings. The van der Waals surface area contributed by atoms with Gasteiger partial charge >= 0.3 is 0 Å². The van der Waals surface area contributed by atoms with Gasteiger partial charge in [0.2, 0.25) is 12.3 Å². The number of hydrogen-bond donors (Lipinski definition) is 1. The predicted octanol–water partition coefficient (Wildman–Crippen LogP) is 2.63. The van der Waals surface area contributed by atoms with E-state index in [4.69, 9.17) is 4.42 Å². The van der Waals surface area contributed by atoms with Gasteiger partial charge in [0.05, 0.1) is 0 Å². The quantitative estimate of drug-likeness (QED) is 0.931. The maximum Gasteiger partial charge on any atom is 0.247 e. The molecular weight excluding hydrogens is 252 g/mol. The Hall–Kier alpha value is -1.88. The van der Waals surface area contributed by atoms with Gasteiger partial charge in [-0.25, -0.2) is 0 Å². The number of benzene rings is 1. The number of hydrogen-bond acceptors (Lipinski definition) is 5. The Bertz CT molecular complexity index is 555. The van der Waals surface area contributed by atoms with Crippen molar-refractivity contribution in [2.45, 2.75) is 31.8 Å². The second kappa shape index (κ2) is 5.63. The molecule has 2 unspecified atom stereocenters. The van der Waals surface area contributed by atoms with Crippen LogP contribution >= 0.6 is 0 Å². The first-order valence-corrected chi connectivity index (χ1v) is 7.06. The fourth-order valence-electron chi connectivity index (χ4n) is 2.70. The monoisotopic (exact) mass is 272 g/mol. The molecule has 20 heavy (non-hydrogen) atoms. The van der Waals surface area contributed by atoms with Crippen LogP contribution in [0.25, 0.3) is 11.5 Å². The van der Waals surface area contributed by atoms with Gasteiger partial charge in [-0.1, -0.05) is 6.07 Å². The molecule has 5 heteroatoms. The normalized spacial score (nSPS) is 23.7.